The highest BCUT2D eigenvalue weighted by atomic mass is 19.1. The van der Waals surface area contributed by atoms with E-state index in [4.69, 9.17) is 4.74 Å². The molecule has 17 heavy (non-hydrogen) atoms. The number of halogens is 1. The molecule has 96 valence electrons. The second-order valence-corrected chi connectivity index (χ2v) is 4.95. The molecular weight excluding hydrogens is 219 g/mol. The summed E-state index contributed by atoms with van der Waals surface area (Å²) in [5.74, 6) is -0.492. The number of ether oxygens (including phenoxy) is 1. The molecule has 2 nitrogen and oxygen atoms in total. The van der Waals surface area contributed by atoms with Crippen LogP contribution in [0.3, 0.4) is 0 Å². The maximum absolute atomic E-state index is 14.1. The molecule has 0 radical (unpaired) electrons. The highest BCUT2D eigenvalue weighted by Gasteiger charge is 2.37. The number of hydrogen-bond donors (Lipinski definition) is 1. The van der Waals surface area contributed by atoms with Crippen LogP contribution in [0.4, 0.5) is 4.39 Å². The highest BCUT2D eigenvalue weighted by Crippen LogP contribution is 2.34. The summed E-state index contributed by atoms with van der Waals surface area (Å²) < 4.78 is 19.1. The van der Waals surface area contributed by atoms with Gasteiger partial charge in [-0.2, -0.15) is 0 Å². The molecule has 0 heterocycles. The van der Waals surface area contributed by atoms with Crippen LogP contribution in [0.15, 0.2) is 12.1 Å². The van der Waals surface area contributed by atoms with Gasteiger partial charge in [0.15, 0.2) is 0 Å². The fourth-order valence-corrected chi connectivity index (χ4v) is 2.21. The summed E-state index contributed by atoms with van der Waals surface area (Å²) in [4.78, 5) is 0. The van der Waals surface area contributed by atoms with E-state index in [1.165, 1.54) is 13.2 Å². The SMILES string of the molecule is COCC(O)(c1c(C)cc(C)cc1F)C(C)C. The zero-order valence-corrected chi connectivity index (χ0v) is 11.2. The first kappa shape index (κ1) is 14.1. The topological polar surface area (TPSA) is 29.5 Å². The molecule has 0 amide bonds. The van der Waals surface area contributed by atoms with Crippen molar-refractivity contribution in [2.75, 3.05) is 13.7 Å². The van der Waals surface area contributed by atoms with E-state index >= 15 is 0 Å². The van der Waals surface area contributed by atoms with E-state index in [1.807, 2.05) is 33.8 Å². The third-order valence-corrected chi connectivity index (χ3v) is 3.18. The Hall–Kier alpha value is -0.930. The summed E-state index contributed by atoms with van der Waals surface area (Å²) in [5.41, 5.74) is 0.680. The zero-order chi connectivity index (χ0) is 13.2. The lowest BCUT2D eigenvalue weighted by Gasteiger charge is -2.33. The summed E-state index contributed by atoms with van der Waals surface area (Å²) in [7, 11) is 1.51. The summed E-state index contributed by atoms with van der Waals surface area (Å²) >= 11 is 0. The van der Waals surface area contributed by atoms with Crippen LogP contribution in [0.2, 0.25) is 0 Å². The number of hydrogen-bond acceptors (Lipinski definition) is 2. The molecule has 0 saturated carbocycles. The molecule has 0 saturated heterocycles. The Morgan fingerprint density at radius 1 is 1.35 bits per heavy atom. The lowest BCUT2D eigenvalue weighted by molar-refractivity contribution is -0.0727. The second kappa shape index (κ2) is 5.15. The van der Waals surface area contributed by atoms with Crippen LogP contribution in [-0.2, 0) is 10.3 Å². The minimum atomic E-state index is -1.28. The van der Waals surface area contributed by atoms with E-state index in [0.717, 1.165) is 11.1 Å². The molecule has 0 fully saturated rings. The van der Waals surface area contributed by atoms with Crippen LogP contribution in [-0.4, -0.2) is 18.8 Å². The largest absolute Gasteiger partial charge is 0.382 e. The number of rotatable bonds is 4. The van der Waals surface area contributed by atoms with Crippen LogP contribution in [0, 0.1) is 25.6 Å². The van der Waals surface area contributed by atoms with E-state index < -0.39 is 5.60 Å². The predicted octanol–water partition coefficient (Wildman–Crippen LogP) is 2.93. The lowest BCUT2D eigenvalue weighted by Crippen LogP contribution is -2.38. The third-order valence-electron chi connectivity index (χ3n) is 3.18. The van der Waals surface area contributed by atoms with Gasteiger partial charge in [-0.05, 0) is 37.0 Å². The monoisotopic (exact) mass is 240 g/mol. The maximum Gasteiger partial charge on any atom is 0.129 e. The average Bonchev–Trinajstić information content (AvgIpc) is 2.15. The van der Waals surface area contributed by atoms with E-state index in [0.29, 0.717) is 5.56 Å². The molecule has 0 bridgehead atoms. The van der Waals surface area contributed by atoms with Crippen LogP contribution in [0.5, 0.6) is 0 Å². The molecule has 3 heteroatoms. The van der Waals surface area contributed by atoms with Gasteiger partial charge in [-0.3, -0.25) is 0 Å². The molecule has 0 aliphatic carbocycles. The van der Waals surface area contributed by atoms with Crippen molar-refractivity contribution >= 4 is 0 Å². The molecule has 1 N–H and O–H groups in total. The van der Waals surface area contributed by atoms with Crippen LogP contribution in [0.25, 0.3) is 0 Å². The molecule has 1 aromatic carbocycles. The zero-order valence-electron chi connectivity index (χ0n) is 11.2. The lowest BCUT2D eigenvalue weighted by atomic mass is 9.81. The number of aryl methyl sites for hydroxylation is 2. The van der Waals surface area contributed by atoms with Gasteiger partial charge in [0.05, 0.1) is 6.61 Å². The molecule has 1 atom stereocenters. The summed E-state index contributed by atoms with van der Waals surface area (Å²) in [6.45, 7) is 7.46. The Kier molecular flexibility index (Phi) is 4.28. The first-order chi connectivity index (χ1) is 7.82. The Bertz CT molecular complexity index is 378. The number of benzene rings is 1. The Morgan fingerprint density at radius 2 is 1.94 bits per heavy atom. The van der Waals surface area contributed by atoms with Crippen molar-refractivity contribution in [2.24, 2.45) is 5.92 Å². The maximum atomic E-state index is 14.1. The standard InChI is InChI=1S/C14H21FO2/c1-9(2)14(16,8-17-5)13-11(4)6-10(3)7-12(13)15/h6-7,9,16H,8H2,1-5H3. The summed E-state index contributed by atoms with van der Waals surface area (Å²) in [5, 5.41) is 10.6. The van der Waals surface area contributed by atoms with Gasteiger partial charge in [0.2, 0.25) is 0 Å². The van der Waals surface area contributed by atoms with Crippen LogP contribution in [0.1, 0.15) is 30.5 Å². The van der Waals surface area contributed by atoms with Crippen molar-refractivity contribution in [3.05, 3.63) is 34.6 Å². The van der Waals surface area contributed by atoms with E-state index in [-0.39, 0.29) is 18.3 Å². The van der Waals surface area contributed by atoms with Crippen LogP contribution >= 0.6 is 0 Å². The van der Waals surface area contributed by atoms with Gasteiger partial charge in [-0.15, -0.1) is 0 Å². The number of aliphatic hydroxyl groups is 1. The van der Waals surface area contributed by atoms with Crippen molar-refractivity contribution in [2.45, 2.75) is 33.3 Å². The van der Waals surface area contributed by atoms with Crippen molar-refractivity contribution in [3.63, 3.8) is 0 Å². The quantitative estimate of drug-likeness (QED) is 0.876. The molecule has 0 spiro atoms. The molecular formula is C14H21FO2. The van der Waals surface area contributed by atoms with Gasteiger partial charge in [-0.1, -0.05) is 19.9 Å². The van der Waals surface area contributed by atoms with Crippen molar-refractivity contribution in [1.29, 1.82) is 0 Å². The smallest absolute Gasteiger partial charge is 0.129 e. The average molecular weight is 240 g/mol. The molecule has 0 aliphatic rings. The third kappa shape index (κ3) is 2.67. The molecule has 0 aliphatic heterocycles. The predicted molar refractivity (Wildman–Crippen MR) is 66.5 cm³/mol. The minimum absolute atomic E-state index is 0.0888. The van der Waals surface area contributed by atoms with Crippen molar-refractivity contribution < 1.29 is 14.2 Å². The number of methoxy groups -OCH3 is 1. The van der Waals surface area contributed by atoms with Gasteiger partial charge in [-0.25, -0.2) is 4.39 Å². The fourth-order valence-electron chi connectivity index (χ4n) is 2.21. The van der Waals surface area contributed by atoms with Gasteiger partial charge in [0.25, 0.3) is 0 Å². The van der Waals surface area contributed by atoms with Gasteiger partial charge in [0.1, 0.15) is 11.4 Å². The Balaban J connectivity index is 3.38. The van der Waals surface area contributed by atoms with Crippen LogP contribution < -0.4 is 0 Å². The van der Waals surface area contributed by atoms with Gasteiger partial charge < -0.3 is 9.84 Å². The normalized spacial score (nSPS) is 15.1. The summed E-state index contributed by atoms with van der Waals surface area (Å²) in [6, 6.07) is 3.33. The van der Waals surface area contributed by atoms with Gasteiger partial charge in [0, 0.05) is 12.7 Å². The van der Waals surface area contributed by atoms with Gasteiger partial charge >= 0.3 is 0 Å². The Labute approximate surface area is 102 Å². The summed E-state index contributed by atoms with van der Waals surface area (Å²) in [6.07, 6.45) is 0. The molecule has 0 aromatic heterocycles. The Morgan fingerprint density at radius 3 is 2.35 bits per heavy atom. The van der Waals surface area contributed by atoms with E-state index in [1.54, 1.807) is 0 Å². The second-order valence-electron chi connectivity index (χ2n) is 4.95. The first-order valence-electron chi connectivity index (χ1n) is 5.81. The van der Waals surface area contributed by atoms with E-state index in [9.17, 15) is 9.50 Å². The van der Waals surface area contributed by atoms with Crippen molar-refractivity contribution in [3.8, 4) is 0 Å². The fraction of sp³-hybridized carbons (Fsp3) is 0.571. The molecule has 1 unspecified atom stereocenters. The molecule has 1 rings (SSSR count). The van der Waals surface area contributed by atoms with Crippen molar-refractivity contribution in [1.82, 2.24) is 0 Å². The molecule has 1 aromatic rings. The highest BCUT2D eigenvalue weighted by molar-refractivity contribution is 5.36. The first-order valence-corrected chi connectivity index (χ1v) is 5.81. The minimum Gasteiger partial charge on any atom is -0.382 e. The van der Waals surface area contributed by atoms with E-state index in [2.05, 4.69) is 0 Å².